The molecule has 0 N–H and O–H groups in total. The van der Waals surface area contributed by atoms with Crippen molar-refractivity contribution in [2.45, 2.75) is 17.7 Å². The zero-order valence-corrected chi connectivity index (χ0v) is 9.87. The van der Waals surface area contributed by atoms with E-state index in [9.17, 15) is 9.18 Å². The largest absolute Gasteiger partial charge is 0.463 e. The van der Waals surface area contributed by atoms with Crippen LogP contribution in [-0.2, 0) is 9.53 Å². The Labute approximate surface area is 101 Å². The van der Waals surface area contributed by atoms with Crippen LogP contribution in [0.2, 0.25) is 0 Å². The highest BCUT2D eigenvalue weighted by Gasteiger charge is 2.22. The molecule has 0 spiro atoms. The number of benzene rings is 1. The van der Waals surface area contributed by atoms with Crippen molar-refractivity contribution < 1.29 is 18.3 Å². The summed E-state index contributed by atoms with van der Waals surface area (Å²) in [4.78, 5) is 15.1. The van der Waals surface area contributed by atoms with Gasteiger partial charge in [-0.05, 0) is 30.8 Å². The van der Waals surface area contributed by atoms with E-state index in [1.807, 2.05) is 0 Å². The summed E-state index contributed by atoms with van der Waals surface area (Å²) in [6.45, 7) is 1.77. The molecular formula is C11H10FNO3S. The summed E-state index contributed by atoms with van der Waals surface area (Å²) in [5.74, 6) is -0.917. The molecule has 17 heavy (non-hydrogen) atoms. The summed E-state index contributed by atoms with van der Waals surface area (Å²) >= 11 is 0.598. The molecule has 0 radical (unpaired) electrons. The molecular weight excluding hydrogens is 245 g/mol. The highest BCUT2D eigenvalue weighted by Crippen LogP contribution is 2.27. The Kier molecular flexibility index (Phi) is 3.63. The molecule has 0 saturated heterocycles. The van der Waals surface area contributed by atoms with Crippen LogP contribution in [0.4, 0.5) is 4.39 Å². The minimum atomic E-state index is -1.82. The summed E-state index contributed by atoms with van der Waals surface area (Å²) in [6, 6.07) is 7.07. The Hall–Kier alpha value is -1.56. The van der Waals surface area contributed by atoms with Gasteiger partial charge in [0.15, 0.2) is 5.58 Å². The number of ether oxygens (including phenoxy) is 1. The van der Waals surface area contributed by atoms with Gasteiger partial charge in [0.25, 0.3) is 10.7 Å². The molecule has 0 aliphatic heterocycles. The van der Waals surface area contributed by atoms with Crippen molar-refractivity contribution in [3.8, 4) is 0 Å². The van der Waals surface area contributed by atoms with Gasteiger partial charge < -0.3 is 9.15 Å². The third-order valence-corrected chi connectivity index (χ3v) is 2.73. The van der Waals surface area contributed by atoms with Gasteiger partial charge >= 0.3 is 5.97 Å². The lowest BCUT2D eigenvalue weighted by Crippen LogP contribution is -2.15. The smallest absolute Gasteiger partial charge is 0.351 e. The van der Waals surface area contributed by atoms with Crippen LogP contribution in [-0.4, -0.2) is 23.1 Å². The summed E-state index contributed by atoms with van der Waals surface area (Å²) < 4.78 is 23.2. The Balaban J connectivity index is 2.10. The van der Waals surface area contributed by atoms with Gasteiger partial charge in [-0.3, -0.25) is 0 Å². The fourth-order valence-corrected chi connectivity index (χ4v) is 1.88. The zero-order valence-electron chi connectivity index (χ0n) is 9.05. The zero-order chi connectivity index (χ0) is 12.3. The molecule has 0 amide bonds. The maximum atomic E-state index is 13.4. The first-order valence-electron chi connectivity index (χ1n) is 5.03. The Morgan fingerprint density at radius 3 is 3.06 bits per heavy atom. The number of thioether (sulfide) groups is 1. The monoisotopic (exact) mass is 255 g/mol. The third kappa shape index (κ3) is 2.76. The average molecular weight is 255 g/mol. The van der Waals surface area contributed by atoms with Crippen molar-refractivity contribution in [1.82, 2.24) is 4.98 Å². The van der Waals surface area contributed by atoms with Crippen molar-refractivity contribution in [1.29, 1.82) is 0 Å². The second-order valence-electron chi connectivity index (χ2n) is 3.13. The number of aromatic nitrogens is 1. The van der Waals surface area contributed by atoms with Gasteiger partial charge in [0, 0.05) is 0 Å². The van der Waals surface area contributed by atoms with Crippen LogP contribution in [0.25, 0.3) is 11.1 Å². The summed E-state index contributed by atoms with van der Waals surface area (Å²) in [7, 11) is 0. The lowest BCUT2D eigenvalue weighted by Gasteiger charge is -2.03. The summed E-state index contributed by atoms with van der Waals surface area (Å²) in [6.07, 6.45) is 0. The molecule has 6 heteroatoms. The van der Waals surface area contributed by atoms with Gasteiger partial charge in [-0.25, -0.2) is 14.2 Å². The van der Waals surface area contributed by atoms with Crippen molar-refractivity contribution in [3.63, 3.8) is 0 Å². The average Bonchev–Trinajstić information content (AvgIpc) is 2.71. The van der Waals surface area contributed by atoms with Crippen molar-refractivity contribution in [3.05, 3.63) is 24.3 Å². The van der Waals surface area contributed by atoms with E-state index in [2.05, 4.69) is 9.72 Å². The van der Waals surface area contributed by atoms with E-state index in [0.717, 1.165) is 0 Å². The quantitative estimate of drug-likeness (QED) is 0.621. The fourth-order valence-electron chi connectivity index (χ4n) is 1.25. The normalized spacial score (nSPS) is 12.6. The van der Waals surface area contributed by atoms with Gasteiger partial charge in [-0.1, -0.05) is 12.1 Å². The first kappa shape index (κ1) is 11.9. The van der Waals surface area contributed by atoms with Crippen molar-refractivity contribution in [2.24, 2.45) is 0 Å². The lowest BCUT2D eigenvalue weighted by atomic mass is 10.3. The number of carbonyl (C=O) groups excluding carboxylic acids is 1. The SMILES string of the molecule is CCOC(=O)C(F)Sc1nc2ccccc2o1. The second kappa shape index (κ2) is 5.18. The topological polar surface area (TPSA) is 52.3 Å². The van der Waals surface area contributed by atoms with Crippen LogP contribution in [0.15, 0.2) is 33.9 Å². The van der Waals surface area contributed by atoms with Crippen LogP contribution in [0, 0.1) is 0 Å². The number of esters is 1. The molecule has 2 rings (SSSR count). The van der Waals surface area contributed by atoms with E-state index in [-0.39, 0.29) is 11.8 Å². The molecule has 1 atom stereocenters. The van der Waals surface area contributed by atoms with E-state index >= 15 is 0 Å². The maximum Gasteiger partial charge on any atom is 0.351 e. The van der Waals surface area contributed by atoms with E-state index < -0.39 is 11.5 Å². The number of para-hydroxylation sites is 2. The van der Waals surface area contributed by atoms with Gasteiger partial charge in [-0.2, -0.15) is 0 Å². The number of hydrogen-bond donors (Lipinski definition) is 0. The number of hydrogen-bond acceptors (Lipinski definition) is 5. The Morgan fingerprint density at radius 2 is 2.35 bits per heavy atom. The fraction of sp³-hybridized carbons (Fsp3) is 0.273. The predicted molar refractivity (Wildman–Crippen MR) is 61.4 cm³/mol. The highest BCUT2D eigenvalue weighted by molar-refractivity contribution is 8.00. The minimum Gasteiger partial charge on any atom is -0.463 e. The van der Waals surface area contributed by atoms with Crippen molar-refractivity contribution >= 4 is 28.8 Å². The Bertz CT molecular complexity index is 495. The van der Waals surface area contributed by atoms with Crippen LogP contribution >= 0.6 is 11.8 Å². The number of oxazole rings is 1. The molecule has 0 aliphatic carbocycles. The molecule has 0 fully saturated rings. The third-order valence-electron chi connectivity index (χ3n) is 1.95. The second-order valence-corrected chi connectivity index (χ2v) is 4.13. The number of alkyl halides is 1. The molecule has 0 aliphatic rings. The summed E-state index contributed by atoms with van der Waals surface area (Å²) in [5, 5.41) is 0.117. The van der Waals surface area contributed by atoms with Gasteiger partial charge in [-0.15, -0.1) is 0 Å². The molecule has 4 nitrogen and oxygen atoms in total. The van der Waals surface area contributed by atoms with Crippen LogP contribution < -0.4 is 0 Å². The minimum absolute atomic E-state index is 0.117. The molecule has 0 saturated carbocycles. The molecule has 2 aromatic rings. The molecule has 1 heterocycles. The van der Waals surface area contributed by atoms with E-state index in [1.54, 1.807) is 31.2 Å². The molecule has 1 aromatic carbocycles. The van der Waals surface area contributed by atoms with Gasteiger partial charge in [0.05, 0.1) is 6.61 Å². The van der Waals surface area contributed by atoms with Gasteiger partial charge in [0.1, 0.15) is 5.52 Å². The molecule has 1 aromatic heterocycles. The van der Waals surface area contributed by atoms with E-state index in [4.69, 9.17) is 4.42 Å². The number of fused-ring (bicyclic) bond motifs is 1. The number of carbonyl (C=O) groups is 1. The van der Waals surface area contributed by atoms with Crippen molar-refractivity contribution in [2.75, 3.05) is 6.61 Å². The number of halogens is 1. The number of rotatable bonds is 4. The summed E-state index contributed by atoms with van der Waals surface area (Å²) in [5.41, 5.74) is -0.625. The highest BCUT2D eigenvalue weighted by atomic mass is 32.2. The van der Waals surface area contributed by atoms with Crippen LogP contribution in [0.3, 0.4) is 0 Å². The van der Waals surface area contributed by atoms with Crippen LogP contribution in [0.1, 0.15) is 6.92 Å². The standard InChI is InChI=1S/C11H10FNO3S/c1-2-15-10(14)9(12)17-11-13-7-5-3-4-6-8(7)16-11/h3-6,9H,2H2,1H3. The first-order chi connectivity index (χ1) is 8.20. The van der Waals surface area contributed by atoms with E-state index in [1.165, 1.54) is 0 Å². The number of nitrogens with zero attached hydrogens (tertiary/aromatic N) is 1. The van der Waals surface area contributed by atoms with Crippen LogP contribution in [0.5, 0.6) is 0 Å². The maximum absolute atomic E-state index is 13.4. The van der Waals surface area contributed by atoms with Gasteiger partial charge in [0.2, 0.25) is 0 Å². The first-order valence-corrected chi connectivity index (χ1v) is 5.91. The molecule has 1 unspecified atom stereocenters. The Morgan fingerprint density at radius 1 is 1.59 bits per heavy atom. The predicted octanol–water partition coefficient (Wildman–Crippen LogP) is 2.78. The molecule has 90 valence electrons. The van der Waals surface area contributed by atoms with E-state index in [0.29, 0.717) is 22.9 Å². The lowest BCUT2D eigenvalue weighted by molar-refractivity contribution is -0.145. The molecule has 0 bridgehead atoms.